The number of aromatic nitrogens is 2. The largest absolute Gasteiger partial charge is 0.479 e. The second-order valence-corrected chi connectivity index (χ2v) is 3.95. The third kappa shape index (κ3) is 2.26. The standard InChI is InChI=1S/C11H18N4O2/c1-3-8-6-17-5-4-15(8)10-9(12)11(16-2)14-7-13-10/h7-8H,3-6,12H2,1-2H3. The van der Waals surface area contributed by atoms with Crippen LogP contribution in [0.4, 0.5) is 11.5 Å². The molecule has 17 heavy (non-hydrogen) atoms. The Labute approximate surface area is 101 Å². The molecule has 0 saturated carbocycles. The maximum absolute atomic E-state index is 6.01. The molecule has 1 atom stereocenters. The van der Waals surface area contributed by atoms with Crippen molar-refractivity contribution >= 4 is 11.5 Å². The molecule has 0 spiro atoms. The van der Waals surface area contributed by atoms with Crippen molar-refractivity contribution in [3.63, 3.8) is 0 Å². The van der Waals surface area contributed by atoms with Crippen LogP contribution in [-0.2, 0) is 4.74 Å². The first-order valence-corrected chi connectivity index (χ1v) is 5.76. The summed E-state index contributed by atoms with van der Waals surface area (Å²) < 4.78 is 10.6. The average Bonchev–Trinajstić information content (AvgIpc) is 2.39. The SMILES string of the molecule is CCC1COCCN1c1ncnc(OC)c1N. The second kappa shape index (κ2) is 5.18. The summed E-state index contributed by atoms with van der Waals surface area (Å²) in [5.74, 6) is 1.17. The van der Waals surface area contributed by atoms with Gasteiger partial charge in [-0.2, -0.15) is 4.98 Å². The van der Waals surface area contributed by atoms with Crippen LogP contribution >= 0.6 is 0 Å². The summed E-state index contributed by atoms with van der Waals surface area (Å²) in [5, 5.41) is 0. The molecule has 1 aromatic heterocycles. The van der Waals surface area contributed by atoms with Crippen LogP contribution < -0.4 is 15.4 Å². The predicted molar refractivity (Wildman–Crippen MR) is 65.2 cm³/mol. The zero-order valence-corrected chi connectivity index (χ0v) is 10.2. The Hall–Kier alpha value is -1.56. The van der Waals surface area contributed by atoms with Crippen LogP contribution in [0.25, 0.3) is 0 Å². The molecule has 0 aromatic carbocycles. The molecule has 1 aliphatic rings. The molecule has 0 amide bonds. The van der Waals surface area contributed by atoms with E-state index in [1.54, 1.807) is 7.11 Å². The molecular weight excluding hydrogens is 220 g/mol. The van der Waals surface area contributed by atoms with Gasteiger partial charge in [-0.15, -0.1) is 0 Å². The van der Waals surface area contributed by atoms with E-state index in [2.05, 4.69) is 21.8 Å². The zero-order chi connectivity index (χ0) is 12.3. The van der Waals surface area contributed by atoms with E-state index in [0.717, 1.165) is 18.8 Å². The molecule has 1 aliphatic heterocycles. The summed E-state index contributed by atoms with van der Waals surface area (Å²) in [4.78, 5) is 10.4. The van der Waals surface area contributed by atoms with Crippen LogP contribution in [0.3, 0.4) is 0 Å². The number of nitrogens with zero attached hydrogens (tertiary/aromatic N) is 3. The van der Waals surface area contributed by atoms with E-state index in [9.17, 15) is 0 Å². The topological polar surface area (TPSA) is 73.5 Å². The van der Waals surface area contributed by atoms with Crippen LogP contribution in [0.15, 0.2) is 6.33 Å². The van der Waals surface area contributed by atoms with Crippen molar-refractivity contribution < 1.29 is 9.47 Å². The lowest BCUT2D eigenvalue weighted by molar-refractivity contribution is 0.0926. The van der Waals surface area contributed by atoms with Crippen molar-refractivity contribution in [3.05, 3.63) is 6.33 Å². The Morgan fingerprint density at radius 1 is 1.59 bits per heavy atom. The Morgan fingerprint density at radius 2 is 2.41 bits per heavy atom. The number of ether oxygens (including phenoxy) is 2. The van der Waals surface area contributed by atoms with Crippen LogP contribution in [-0.4, -0.2) is 42.9 Å². The van der Waals surface area contributed by atoms with Crippen molar-refractivity contribution in [2.24, 2.45) is 0 Å². The third-order valence-corrected chi connectivity index (χ3v) is 2.99. The van der Waals surface area contributed by atoms with E-state index in [0.29, 0.717) is 30.8 Å². The minimum atomic E-state index is 0.311. The van der Waals surface area contributed by atoms with E-state index in [4.69, 9.17) is 15.2 Å². The molecule has 2 heterocycles. The van der Waals surface area contributed by atoms with Gasteiger partial charge in [0.1, 0.15) is 12.0 Å². The number of methoxy groups -OCH3 is 1. The van der Waals surface area contributed by atoms with E-state index < -0.39 is 0 Å². The van der Waals surface area contributed by atoms with E-state index >= 15 is 0 Å². The minimum Gasteiger partial charge on any atom is -0.479 e. The molecule has 2 N–H and O–H groups in total. The molecule has 6 heteroatoms. The van der Waals surface area contributed by atoms with Gasteiger partial charge in [0.25, 0.3) is 0 Å². The molecule has 1 saturated heterocycles. The summed E-state index contributed by atoms with van der Waals surface area (Å²) in [7, 11) is 1.55. The molecule has 1 aromatic rings. The first kappa shape index (κ1) is 11.9. The van der Waals surface area contributed by atoms with Gasteiger partial charge >= 0.3 is 0 Å². The Bertz CT molecular complexity index is 386. The lowest BCUT2D eigenvalue weighted by Gasteiger charge is -2.36. The van der Waals surface area contributed by atoms with E-state index in [1.165, 1.54) is 6.33 Å². The van der Waals surface area contributed by atoms with Crippen molar-refractivity contribution in [1.82, 2.24) is 9.97 Å². The maximum atomic E-state index is 6.01. The van der Waals surface area contributed by atoms with Crippen molar-refractivity contribution in [2.75, 3.05) is 37.5 Å². The van der Waals surface area contributed by atoms with Crippen LogP contribution in [0.5, 0.6) is 5.88 Å². The number of morpholine rings is 1. The summed E-state index contributed by atoms with van der Waals surface area (Å²) in [5.41, 5.74) is 6.50. The maximum Gasteiger partial charge on any atom is 0.242 e. The fraction of sp³-hybridized carbons (Fsp3) is 0.636. The summed E-state index contributed by atoms with van der Waals surface area (Å²) in [6, 6.07) is 0.311. The molecule has 1 fully saturated rings. The highest BCUT2D eigenvalue weighted by atomic mass is 16.5. The molecule has 0 bridgehead atoms. The molecule has 1 unspecified atom stereocenters. The molecule has 6 nitrogen and oxygen atoms in total. The van der Waals surface area contributed by atoms with E-state index in [1.807, 2.05) is 0 Å². The van der Waals surface area contributed by atoms with Crippen LogP contribution in [0.1, 0.15) is 13.3 Å². The van der Waals surface area contributed by atoms with Crippen LogP contribution in [0.2, 0.25) is 0 Å². The number of rotatable bonds is 3. The monoisotopic (exact) mass is 238 g/mol. The summed E-state index contributed by atoms with van der Waals surface area (Å²) >= 11 is 0. The van der Waals surface area contributed by atoms with Gasteiger partial charge in [0, 0.05) is 6.54 Å². The van der Waals surface area contributed by atoms with Gasteiger partial charge in [0.05, 0.1) is 26.4 Å². The van der Waals surface area contributed by atoms with Gasteiger partial charge in [-0.1, -0.05) is 6.92 Å². The van der Waals surface area contributed by atoms with E-state index in [-0.39, 0.29) is 0 Å². The van der Waals surface area contributed by atoms with Gasteiger partial charge in [-0.3, -0.25) is 0 Å². The molecule has 0 aliphatic carbocycles. The highest BCUT2D eigenvalue weighted by Gasteiger charge is 2.25. The first-order valence-electron chi connectivity index (χ1n) is 5.76. The summed E-state index contributed by atoms with van der Waals surface area (Å²) in [6.45, 7) is 4.33. The second-order valence-electron chi connectivity index (χ2n) is 3.95. The van der Waals surface area contributed by atoms with Gasteiger partial charge in [0.2, 0.25) is 5.88 Å². The molecular formula is C11H18N4O2. The lowest BCUT2D eigenvalue weighted by atomic mass is 10.1. The van der Waals surface area contributed by atoms with Gasteiger partial charge in [0.15, 0.2) is 5.82 Å². The third-order valence-electron chi connectivity index (χ3n) is 2.99. The predicted octanol–water partition coefficient (Wildman–Crippen LogP) is 0.683. The highest BCUT2D eigenvalue weighted by Crippen LogP contribution is 2.30. The summed E-state index contributed by atoms with van der Waals surface area (Å²) in [6.07, 6.45) is 2.47. The number of anilines is 2. The normalized spacial score (nSPS) is 20.4. The zero-order valence-electron chi connectivity index (χ0n) is 10.2. The minimum absolute atomic E-state index is 0.311. The quantitative estimate of drug-likeness (QED) is 0.835. The Kier molecular flexibility index (Phi) is 3.63. The van der Waals surface area contributed by atoms with Gasteiger partial charge in [-0.05, 0) is 6.42 Å². The van der Waals surface area contributed by atoms with Crippen molar-refractivity contribution in [3.8, 4) is 5.88 Å². The molecule has 94 valence electrons. The average molecular weight is 238 g/mol. The number of nitrogens with two attached hydrogens (primary N) is 1. The van der Waals surface area contributed by atoms with Gasteiger partial charge in [-0.25, -0.2) is 4.98 Å². The molecule has 2 rings (SSSR count). The number of nitrogen functional groups attached to an aromatic ring is 1. The van der Waals surface area contributed by atoms with Crippen LogP contribution in [0, 0.1) is 0 Å². The molecule has 0 radical (unpaired) electrons. The highest BCUT2D eigenvalue weighted by molar-refractivity contribution is 5.68. The Morgan fingerprint density at radius 3 is 3.12 bits per heavy atom. The number of hydrogen-bond acceptors (Lipinski definition) is 6. The lowest BCUT2D eigenvalue weighted by Crippen LogP contribution is -2.46. The first-order chi connectivity index (χ1) is 8.27. The van der Waals surface area contributed by atoms with Crippen molar-refractivity contribution in [2.45, 2.75) is 19.4 Å². The number of hydrogen-bond donors (Lipinski definition) is 1. The fourth-order valence-corrected chi connectivity index (χ4v) is 2.03. The van der Waals surface area contributed by atoms with Crippen molar-refractivity contribution in [1.29, 1.82) is 0 Å². The fourth-order valence-electron chi connectivity index (χ4n) is 2.03. The Balaban J connectivity index is 2.31. The smallest absolute Gasteiger partial charge is 0.242 e. The van der Waals surface area contributed by atoms with Gasteiger partial charge < -0.3 is 20.1 Å².